The topological polar surface area (TPSA) is 95.9 Å². The predicted molar refractivity (Wildman–Crippen MR) is 218 cm³/mol. The molecule has 1 amide bonds. The van der Waals surface area contributed by atoms with E-state index in [1.54, 1.807) is 0 Å². The van der Waals surface area contributed by atoms with E-state index in [1.807, 2.05) is 0 Å². The molecule has 3 unspecified atom stereocenters. The van der Waals surface area contributed by atoms with Crippen molar-refractivity contribution in [3.8, 4) is 0 Å². The van der Waals surface area contributed by atoms with Crippen molar-refractivity contribution in [2.24, 2.45) is 0 Å². The van der Waals surface area contributed by atoms with Gasteiger partial charge in [-0.15, -0.1) is 0 Å². The van der Waals surface area contributed by atoms with Crippen LogP contribution in [-0.2, 0) is 14.3 Å². The third kappa shape index (κ3) is 35.6. The van der Waals surface area contributed by atoms with Crippen LogP contribution in [0.15, 0.2) is 0 Å². The highest BCUT2D eigenvalue weighted by Gasteiger charge is 2.24. The van der Waals surface area contributed by atoms with E-state index in [-0.39, 0.29) is 24.9 Å². The molecule has 0 rings (SSSR count). The Labute approximate surface area is 317 Å². The number of carbonyl (C=O) groups is 2. The van der Waals surface area contributed by atoms with Crippen LogP contribution in [0.5, 0.6) is 0 Å². The number of carbonyl (C=O) groups excluding carboxylic acids is 2. The van der Waals surface area contributed by atoms with E-state index in [1.165, 1.54) is 167 Å². The van der Waals surface area contributed by atoms with Gasteiger partial charge in [0.15, 0.2) is 0 Å². The Hall–Kier alpha value is -1.14. The third-order valence-electron chi connectivity index (χ3n) is 10.7. The van der Waals surface area contributed by atoms with E-state index >= 15 is 0 Å². The predicted octanol–water partition coefficient (Wildman–Crippen LogP) is 12.8. The first-order chi connectivity index (χ1) is 25.0. The SMILES string of the molecule is CCCCCCCCCCCCCCCCC(=O)OC(CCCCCCCCCCC)CC(=O)NC(CO)C(O)CCCCCCCCCCC. The molecular formula is C45H89NO5. The van der Waals surface area contributed by atoms with E-state index < -0.39 is 18.2 Å². The van der Waals surface area contributed by atoms with Gasteiger partial charge in [-0.3, -0.25) is 9.59 Å². The lowest BCUT2D eigenvalue weighted by atomic mass is 10.0. The zero-order valence-electron chi connectivity index (χ0n) is 34.5. The van der Waals surface area contributed by atoms with Crippen molar-refractivity contribution in [2.75, 3.05) is 6.61 Å². The number of esters is 1. The largest absolute Gasteiger partial charge is 0.462 e. The highest BCUT2D eigenvalue weighted by atomic mass is 16.5. The Balaban J connectivity index is 4.48. The summed E-state index contributed by atoms with van der Waals surface area (Å²) >= 11 is 0. The maximum atomic E-state index is 13.1. The lowest BCUT2D eigenvalue weighted by Crippen LogP contribution is -2.46. The summed E-state index contributed by atoms with van der Waals surface area (Å²) in [6.07, 6.45) is 40.2. The summed E-state index contributed by atoms with van der Waals surface area (Å²) in [5.74, 6) is -0.461. The van der Waals surface area contributed by atoms with Crippen molar-refractivity contribution in [1.82, 2.24) is 5.32 Å². The molecule has 0 bridgehead atoms. The van der Waals surface area contributed by atoms with E-state index in [0.29, 0.717) is 19.3 Å². The Morgan fingerprint density at radius 1 is 0.490 bits per heavy atom. The number of hydrogen-bond donors (Lipinski definition) is 3. The zero-order valence-corrected chi connectivity index (χ0v) is 34.5. The van der Waals surface area contributed by atoms with Crippen LogP contribution in [0.2, 0.25) is 0 Å². The molecule has 0 aliphatic carbocycles. The summed E-state index contributed by atoms with van der Waals surface area (Å²) in [5.41, 5.74) is 0. The monoisotopic (exact) mass is 724 g/mol. The van der Waals surface area contributed by atoms with Crippen molar-refractivity contribution in [1.29, 1.82) is 0 Å². The molecule has 304 valence electrons. The molecule has 0 aliphatic rings. The van der Waals surface area contributed by atoms with Gasteiger partial charge in [0.1, 0.15) is 6.10 Å². The van der Waals surface area contributed by atoms with E-state index in [4.69, 9.17) is 4.74 Å². The average Bonchev–Trinajstić information content (AvgIpc) is 3.12. The van der Waals surface area contributed by atoms with Gasteiger partial charge in [-0.05, 0) is 25.7 Å². The minimum atomic E-state index is -0.776. The molecule has 0 aliphatic heterocycles. The van der Waals surface area contributed by atoms with Crippen LogP contribution >= 0.6 is 0 Å². The van der Waals surface area contributed by atoms with Gasteiger partial charge in [0.2, 0.25) is 5.91 Å². The zero-order chi connectivity index (χ0) is 37.5. The number of nitrogens with one attached hydrogen (secondary N) is 1. The van der Waals surface area contributed by atoms with Gasteiger partial charge in [0.05, 0.1) is 25.2 Å². The molecule has 0 spiro atoms. The minimum absolute atomic E-state index is 0.0861. The maximum Gasteiger partial charge on any atom is 0.306 e. The van der Waals surface area contributed by atoms with E-state index in [9.17, 15) is 19.8 Å². The summed E-state index contributed by atoms with van der Waals surface area (Å²) in [4.78, 5) is 25.9. The fourth-order valence-corrected chi connectivity index (χ4v) is 7.20. The van der Waals surface area contributed by atoms with Crippen molar-refractivity contribution in [2.45, 2.75) is 270 Å². The number of aliphatic hydroxyl groups is 2. The molecular weight excluding hydrogens is 634 g/mol. The quantitative estimate of drug-likeness (QED) is 0.0431. The summed E-state index contributed by atoms with van der Waals surface area (Å²) < 4.78 is 5.89. The molecule has 6 heteroatoms. The second-order valence-electron chi connectivity index (χ2n) is 15.8. The lowest BCUT2D eigenvalue weighted by Gasteiger charge is -2.24. The van der Waals surface area contributed by atoms with Gasteiger partial charge < -0.3 is 20.3 Å². The van der Waals surface area contributed by atoms with Gasteiger partial charge >= 0.3 is 5.97 Å². The van der Waals surface area contributed by atoms with E-state index in [2.05, 4.69) is 26.1 Å². The molecule has 6 nitrogen and oxygen atoms in total. The Morgan fingerprint density at radius 3 is 1.20 bits per heavy atom. The molecule has 3 N–H and O–H groups in total. The molecule has 0 aromatic heterocycles. The van der Waals surface area contributed by atoms with Crippen LogP contribution in [0.25, 0.3) is 0 Å². The molecule has 0 saturated carbocycles. The van der Waals surface area contributed by atoms with Crippen molar-refractivity contribution < 1.29 is 24.5 Å². The average molecular weight is 724 g/mol. The van der Waals surface area contributed by atoms with Gasteiger partial charge in [-0.1, -0.05) is 213 Å². The first-order valence-electron chi connectivity index (χ1n) is 22.8. The van der Waals surface area contributed by atoms with Crippen LogP contribution in [0, 0.1) is 0 Å². The molecule has 51 heavy (non-hydrogen) atoms. The fraction of sp³-hybridized carbons (Fsp3) is 0.956. The molecule has 3 atom stereocenters. The second-order valence-corrected chi connectivity index (χ2v) is 15.8. The summed E-state index contributed by atoms with van der Waals surface area (Å²) in [6.45, 7) is 6.45. The molecule has 0 aromatic rings. The highest BCUT2D eigenvalue weighted by molar-refractivity contribution is 5.77. The van der Waals surface area contributed by atoms with Crippen molar-refractivity contribution in [3.05, 3.63) is 0 Å². The van der Waals surface area contributed by atoms with Crippen LogP contribution in [0.3, 0.4) is 0 Å². The van der Waals surface area contributed by atoms with Crippen molar-refractivity contribution >= 4 is 11.9 Å². The first-order valence-corrected chi connectivity index (χ1v) is 22.8. The minimum Gasteiger partial charge on any atom is -0.462 e. The Kier molecular flexibility index (Phi) is 39.2. The molecule has 0 saturated heterocycles. The number of amides is 1. The first kappa shape index (κ1) is 49.9. The Morgan fingerprint density at radius 2 is 0.824 bits per heavy atom. The van der Waals surface area contributed by atoms with Crippen molar-refractivity contribution in [3.63, 3.8) is 0 Å². The summed E-state index contributed by atoms with van der Waals surface area (Å²) in [7, 11) is 0. The number of rotatable bonds is 41. The summed E-state index contributed by atoms with van der Waals surface area (Å²) in [6, 6.07) is -0.689. The van der Waals surface area contributed by atoms with Gasteiger partial charge in [-0.25, -0.2) is 0 Å². The highest BCUT2D eigenvalue weighted by Crippen LogP contribution is 2.18. The van der Waals surface area contributed by atoms with Crippen LogP contribution < -0.4 is 5.32 Å². The lowest BCUT2D eigenvalue weighted by molar-refractivity contribution is -0.151. The molecule has 0 aromatic carbocycles. The molecule has 0 fully saturated rings. The Bertz CT molecular complexity index is 731. The molecule has 0 radical (unpaired) electrons. The van der Waals surface area contributed by atoms with Gasteiger partial charge in [0, 0.05) is 6.42 Å². The number of unbranched alkanes of at least 4 members (excludes halogenated alkanes) is 29. The number of ether oxygens (including phenoxy) is 1. The third-order valence-corrected chi connectivity index (χ3v) is 10.7. The van der Waals surface area contributed by atoms with Gasteiger partial charge in [0.25, 0.3) is 0 Å². The number of aliphatic hydroxyl groups excluding tert-OH is 2. The van der Waals surface area contributed by atoms with Gasteiger partial charge in [-0.2, -0.15) is 0 Å². The second kappa shape index (κ2) is 40.1. The number of hydrogen-bond acceptors (Lipinski definition) is 5. The summed E-state index contributed by atoms with van der Waals surface area (Å²) in [5, 5.41) is 23.5. The van der Waals surface area contributed by atoms with Crippen LogP contribution in [0.4, 0.5) is 0 Å². The van der Waals surface area contributed by atoms with Crippen LogP contribution in [-0.4, -0.2) is 46.9 Å². The van der Waals surface area contributed by atoms with Crippen LogP contribution in [0.1, 0.15) is 252 Å². The smallest absolute Gasteiger partial charge is 0.306 e. The standard InChI is InChI=1S/C45H89NO5/c1-4-7-10-13-16-19-20-21-22-23-26-29-32-35-38-45(50)51-41(36-33-30-27-24-17-14-11-8-5-2)39-44(49)46-42(40-47)43(48)37-34-31-28-25-18-15-12-9-6-3/h41-43,47-48H,4-40H2,1-3H3,(H,46,49). The fourth-order valence-electron chi connectivity index (χ4n) is 7.20. The maximum absolute atomic E-state index is 13.1. The molecule has 0 heterocycles. The normalized spacial score (nSPS) is 13.3. The van der Waals surface area contributed by atoms with E-state index in [0.717, 1.165) is 38.5 Å².